The van der Waals surface area contributed by atoms with Crippen LogP contribution in [0.2, 0.25) is 0 Å². The van der Waals surface area contributed by atoms with Gasteiger partial charge in [0.05, 0.1) is 5.69 Å². The monoisotopic (exact) mass is 317 g/mol. The molecule has 114 valence electrons. The second kappa shape index (κ2) is 7.07. The second-order valence-corrected chi connectivity index (χ2v) is 4.99. The largest absolute Gasteiger partial charge is 0.404 e. The van der Waals surface area contributed by atoms with Gasteiger partial charge in [-0.2, -0.15) is 13.2 Å². The fraction of sp³-hybridized carbons (Fsp3) is 0.231. The number of hydrogen-bond acceptors (Lipinski definition) is 4. The standard InChI is InChI=1S/C13H14F3N3OS/c1-3-4-5-9(7-17)12-18-8(2)11(21-12)19-10(20)6-13(14,15)16/h3-5,7H,1,6,17H2,2H3,(H,19,20)/b5-4-,9-7+. The first-order valence-corrected chi connectivity index (χ1v) is 6.64. The third kappa shape index (κ3) is 5.42. The summed E-state index contributed by atoms with van der Waals surface area (Å²) in [5.41, 5.74) is 6.48. The van der Waals surface area contributed by atoms with Gasteiger partial charge in [0, 0.05) is 11.8 Å². The maximum Gasteiger partial charge on any atom is 0.397 e. The Hall–Kier alpha value is -2.09. The minimum atomic E-state index is -4.54. The van der Waals surface area contributed by atoms with Crippen LogP contribution in [0.5, 0.6) is 0 Å². The van der Waals surface area contributed by atoms with Crippen molar-refractivity contribution in [1.29, 1.82) is 0 Å². The van der Waals surface area contributed by atoms with Crippen molar-refractivity contribution in [2.24, 2.45) is 5.73 Å². The third-order valence-electron chi connectivity index (χ3n) is 2.25. The van der Waals surface area contributed by atoms with Gasteiger partial charge in [0.25, 0.3) is 0 Å². The number of nitrogens with two attached hydrogens (primary N) is 1. The summed E-state index contributed by atoms with van der Waals surface area (Å²) in [6, 6.07) is 0. The Morgan fingerprint density at radius 2 is 2.19 bits per heavy atom. The highest BCUT2D eigenvalue weighted by Gasteiger charge is 2.31. The van der Waals surface area contributed by atoms with Gasteiger partial charge in [-0.1, -0.05) is 36.1 Å². The molecule has 1 amide bonds. The van der Waals surface area contributed by atoms with Crippen molar-refractivity contribution in [3.63, 3.8) is 0 Å². The number of nitrogens with zero attached hydrogens (tertiary/aromatic N) is 1. The number of thiazole rings is 1. The van der Waals surface area contributed by atoms with Crippen LogP contribution >= 0.6 is 11.3 Å². The van der Waals surface area contributed by atoms with E-state index in [0.29, 0.717) is 16.3 Å². The highest BCUT2D eigenvalue weighted by Crippen LogP contribution is 2.30. The molecule has 0 aliphatic heterocycles. The van der Waals surface area contributed by atoms with E-state index >= 15 is 0 Å². The van der Waals surface area contributed by atoms with Gasteiger partial charge in [0.1, 0.15) is 16.4 Å². The van der Waals surface area contributed by atoms with Crippen molar-refractivity contribution in [2.45, 2.75) is 19.5 Å². The molecule has 3 N–H and O–H groups in total. The molecule has 1 aromatic rings. The molecule has 1 rings (SSSR count). The summed E-state index contributed by atoms with van der Waals surface area (Å²) in [6.45, 7) is 5.11. The molecule has 4 nitrogen and oxygen atoms in total. The summed E-state index contributed by atoms with van der Waals surface area (Å²) in [5, 5.41) is 2.97. The normalized spacial score (nSPS) is 12.7. The maximum absolute atomic E-state index is 12.1. The smallest absolute Gasteiger partial charge is 0.397 e. The van der Waals surface area contributed by atoms with Crippen molar-refractivity contribution in [1.82, 2.24) is 4.98 Å². The third-order valence-corrected chi connectivity index (χ3v) is 3.37. The first-order valence-electron chi connectivity index (χ1n) is 5.82. The molecule has 1 aromatic heterocycles. The van der Waals surface area contributed by atoms with Crippen LogP contribution in [0.3, 0.4) is 0 Å². The zero-order valence-electron chi connectivity index (χ0n) is 11.2. The van der Waals surface area contributed by atoms with E-state index < -0.39 is 18.5 Å². The molecule has 0 saturated heterocycles. The van der Waals surface area contributed by atoms with Crippen molar-refractivity contribution < 1.29 is 18.0 Å². The van der Waals surface area contributed by atoms with E-state index in [-0.39, 0.29) is 5.00 Å². The van der Waals surface area contributed by atoms with Gasteiger partial charge < -0.3 is 11.1 Å². The van der Waals surface area contributed by atoms with Gasteiger partial charge in [-0.15, -0.1) is 0 Å². The molecular weight excluding hydrogens is 303 g/mol. The SMILES string of the molecule is C=C/C=C\C(=C/N)c1nc(C)c(NC(=O)CC(F)(F)F)s1. The predicted molar refractivity (Wildman–Crippen MR) is 77.7 cm³/mol. The summed E-state index contributed by atoms with van der Waals surface area (Å²) in [4.78, 5) is 15.5. The Morgan fingerprint density at radius 3 is 2.71 bits per heavy atom. The number of hydrogen-bond donors (Lipinski definition) is 2. The Morgan fingerprint density at radius 1 is 1.52 bits per heavy atom. The molecule has 0 aliphatic carbocycles. The minimum absolute atomic E-state index is 0.269. The van der Waals surface area contributed by atoms with E-state index in [1.807, 2.05) is 0 Å². The number of carbonyl (C=O) groups is 1. The van der Waals surface area contributed by atoms with Crippen LogP contribution < -0.4 is 11.1 Å². The van der Waals surface area contributed by atoms with E-state index in [9.17, 15) is 18.0 Å². The van der Waals surface area contributed by atoms with Gasteiger partial charge in [-0.25, -0.2) is 4.98 Å². The lowest BCUT2D eigenvalue weighted by molar-refractivity contribution is -0.150. The zero-order chi connectivity index (χ0) is 16.0. The topological polar surface area (TPSA) is 68.0 Å². The maximum atomic E-state index is 12.1. The average molecular weight is 317 g/mol. The van der Waals surface area contributed by atoms with E-state index in [1.54, 1.807) is 25.2 Å². The summed E-state index contributed by atoms with van der Waals surface area (Å²) in [5.74, 6) is -1.12. The summed E-state index contributed by atoms with van der Waals surface area (Å²) in [7, 11) is 0. The Balaban J connectivity index is 2.90. The van der Waals surface area contributed by atoms with Crippen LogP contribution in [0.15, 0.2) is 31.0 Å². The number of alkyl halides is 3. The summed E-state index contributed by atoms with van der Waals surface area (Å²) in [6.07, 6.45) is 0.107. The molecule has 0 fully saturated rings. The Bertz CT molecular complexity index is 588. The van der Waals surface area contributed by atoms with E-state index in [1.165, 1.54) is 6.20 Å². The lowest BCUT2D eigenvalue weighted by Gasteiger charge is -2.06. The van der Waals surface area contributed by atoms with Crippen molar-refractivity contribution in [3.05, 3.63) is 41.7 Å². The number of amides is 1. The van der Waals surface area contributed by atoms with Crippen LogP contribution in [-0.2, 0) is 4.79 Å². The van der Waals surface area contributed by atoms with Crippen molar-refractivity contribution in [3.8, 4) is 0 Å². The molecule has 8 heteroatoms. The molecule has 21 heavy (non-hydrogen) atoms. The molecule has 0 unspecified atom stereocenters. The Labute approximate surface area is 123 Å². The van der Waals surface area contributed by atoms with Crippen LogP contribution in [0.25, 0.3) is 5.57 Å². The van der Waals surface area contributed by atoms with Crippen molar-refractivity contribution in [2.75, 3.05) is 5.32 Å². The van der Waals surface area contributed by atoms with Gasteiger partial charge in [0.15, 0.2) is 0 Å². The quantitative estimate of drug-likeness (QED) is 0.818. The van der Waals surface area contributed by atoms with E-state index in [2.05, 4.69) is 16.9 Å². The lowest BCUT2D eigenvalue weighted by Crippen LogP contribution is -2.21. The highest BCUT2D eigenvalue weighted by atomic mass is 32.1. The molecule has 1 heterocycles. The number of aryl methyl sites for hydroxylation is 1. The molecule has 0 atom stereocenters. The van der Waals surface area contributed by atoms with Crippen LogP contribution in [0, 0.1) is 6.92 Å². The van der Waals surface area contributed by atoms with Crippen molar-refractivity contribution >= 4 is 27.8 Å². The molecule has 0 saturated carbocycles. The Kier molecular flexibility index (Phi) is 5.71. The number of halogens is 3. The van der Waals surface area contributed by atoms with Crippen LogP contribution in [0.4, 0.5) is 18.2 Å². The number of aromatic nitrogens is 1. The van der Waals surface area contributed by atoms with Crippen LogP contribution in [-0.4, -0.2) is 17.1 Å². The number of rotatable bonds is 5. The summed E-state index contributed by atoms with van der Waals surface area (Å²) < 4.78 is 36.4. The number of nitrogens with one attached hydrogen (secondary N) is 1. The second-order valence-electron chi connectivity index (χ2n) is 3.99. The average Bonchev–Trinajstić information content (AvgIpc) is 2.69. The first kappa shape index (κ1) is 17.0. The molecule has 0 aromatic carbocycles. The minimum Gasteiger partial charge on any atom is -0.404 e. The molecule has 0 bridgehead atoms. The van der Waals surface area contributed by atoms with Crippen LogP contribution in [0.1, 0.15) is 17.1 Å². The fourth-order valence-corrected chi connectivity index (χ4v) is 2.35. The molecule has 0 radical (unpaired) electrons. The number of carbonyl (C=O) groups excluding carboxylic acids is 1. The van der Waals surface area contributed by atoms with Gasteiger partial charge in [0.2, 0.25) is 5.91 Å². The summed E-state index contributed by atoms with van der Waals surface area (Å²) >= 11 is 1.05. The van der Waals surface area contributed by atoms with Gasteiger partial charge in [-0.3, -0.25) is 4.79 Å². The first-order chi connectivity index (χ1) is 9.76. The molecular formula is C13H14F3N3OS. The van der Waals surface area contributed by atoms with Gasteiger partial charge >= 0.3 is 6.18 Å². The van der Waals surface area contributed by atoms with E-state index in [4.69, 9.17) is 5.73 Å². The zero-order valence-corrected chi connectivity index (χ0v) is 12.0. The van der Waals surface area contributed by atoms with Gasteiger partial charge in [-0.05, 0) is 6.92 Å². The lowest BCUT2D eigenvalue weighted by atomic mass is 10.2. The highest BCUT2D eigenvalue weighted by molar-refractivity contribution is 7.17. The number of allylic oxidation sites excluding steroid dienone is 4. The molecule has 0 aliphatic rings. The molecule has 0 spiro atoms. The van der Waals surface area contributed by atoms with E-state index in [0.717, 1.165) is 11.3 Å². The fourth-order valence-electron chi connectivity index (χ4n) is 1.36. The predicted octanol–water partition coefficient (Wildman–Crippen LogP) is 3.38. The number of anilines is 1.